The molecule has 0 spiro atoms. The minimum atomic E-state index is -0.187. The lowest BCUT2D eigenvalue weighted by Gasteiger charge is -2.22. The van der Waals surface area contributed by atoms with E-state index in [2.05, 4.69) is 47.2 Å². The number of nitrogens with one attached hydrogen (secondary N) is 1. The summed E-state index contributed by atoms with van der Waals surface area (Å²) >= 11 is 5.20. The van der Waals surface area contributed by atoms with E-state index >= 15 is 0 Å². The predicted molar refractivity (Wildman–Crippen MR) is 82.8 cm³/mol. The normalized spacial score (nSPS) is 12.9. The largest absolute Gasteiger partial charge is 0.305 e. The van der Waals surface area contributed by atoms with Crippen LogP contribution in [-0.4, -0.2) is 0 Å². The van der Waals surface area contributed by atoms with Crippen LogP contribution in [0.4, 0.5) is 4.39 Å². The summed E-state index contributed by atoms with van der Waals surface area (Å²) in [5, 5.41) is 3.55. The lowest BCUT2D eigenvalue weighted by Crippen LogP contribution is -2.25. The van der Waals surface area contributed by atoms with Crippen LogP contribution in [0.15, 0.2) is 40.2 Å². The second-order valence-corrected chi connectivity index (χ2v) is 7.41. The van der Waals surface area contributed by atoms with Crippen LogP contribution < -0.4 is 5.32 Å². The minimum Gasteiger partial charge on any atom is -0.305 e. The van der Waals surface area contributed by atoms with Gasteiger partial charge in [-0.3, -0.25) is 0 Å². The quantitative estimate of drug-likeness (QED) is 0.794. The Bertz CT molecular complexity index is 521. The van der Waals surface area contributed by atoms with Crippen molar-refractivity contribution in [3.63, 3.8) is 0 Å². The first-order valence-corrected chi connectivity index (χ1v) is 7.90. The van der Waals surface area contributed by atoms with Crippen LogP contribution in [0.3, 0.4) is 0 Å². The van der Waals surface area contributed by atoms with Crippen LogP contribution in [0.5, 0.6) is 0 Å². The zero-order chi connectivity index (χ0) is 13.8. The van der Waals surface area contributed by atoms with Crippen molar-refractivity contribution in [1.82, 2.24) is 5.32 Å². The summed E-state index contributed by atoms with van der Waals surface area (Å²) in [6.45, 7) is 5.17. The highest BCUT2D eigenvalue weighted by atomic mass is 79.9. The smallest absolute Gasteiger partial charge is 0.123 e. The zero-order valence-electron chi connectivity index (χ0n) is 11.0. The lowest BCUT2D eigenvalue weighted by molar-refractivity contribution is 0.411. The van der Waals surface area contributed by atoms with Gasteiger partial charge in [-0.25, -0.2) is 4.39 Å². The molecule has 1 heterocycles. The fraction of sp³-hybridized carbons (Fsp3) is 0.333. The maximum atomic E-state index is 13.0. The van der Waals surface area contributed by atoms with E-state index in [0.717, 1.165) is 15.9 Å². The van der Waals surface area contributed by atoms with Crippen LogP contribution >= 0.6 is 27.3 Å². The molecule has 0 aliphatic carbocycles. The zero-order valence-corrected chi connectivity index (χ0v) is 13.4. The predicted octanol–water partition coefficient (Wildman–Crippen LogP) is 5.14. The van der Waals surface area contributed by atoms with Crippen LogP contribution in [-0.2, 0) is 6.54 Å². The summed E-state index contributed by atoms with van der Waals surface area (Å²) in [5.74, 6) is 0.266. The van der Waals surface area contributed by atoms with Crippen molar-refractivity contribution in [3.8, 4) is 0 Å². The van der Waals surface area contributed by atoms with E-state index in [1.807, 2.05) is 12.1 Å². The maximum absolute atomic E-state index is 13.0. The molecule has 1 aromatic carbocycles. The molecule has 0 aliphatic rings. The maximum Gasteiger partial charge on any atom is 0.123 e. The van der Waals surface area contributed by atoms with E-state index in [1.54, 1.807) is 11.3 Å². The molecule has 1 N–H and O–H groups in total. The van der Waals surface area contributed by atoms with Crippen LogP contribution in [0.1, 0.15) is 30.3 Å². The van der Waals surface area contributed by atoms with Gasteiger partial charge in [0.05, 0.1) is 3.79 Å². The molecule has 0 fully saturated rings. The van der Waals surface area contributed by atoms with E-state index < -0.39 is 0 Å². The van der Waals surface area contributed by atoms with E-state index in [0.29, 0.717) is 5.92 Å². The van der Waals surface area contributed by atoms with Gasteiger partial charge in [0.15, 0.2) is 0 Å². The van der Waals surface area contributed by atoms with Crippen molar-refractivity contribution in [1.29, 1.82) is 0 Å². The summed E-state index contributed by atoms with van der Waals surface area (Å²) in [5.41, 5.74) is 1.13. The number of hydrogen-bond acceptors (Lipinski definition) is 2. The van der Waals surface area contributed by atoms with Gasteiger partial charge in [0, 0.05) is 17.5 Å². The Morgan fingerprint density at radius 3 is 2.37 bits per heavy atom. The van der Waals surface area contributed by atoms with Gasteiger partial charge in [0.2, 0.25) is 0 Å². The van der Waals surface area contributed by atoms with E-state index in [1.165, 1.54) is 17.0 Å². The van der Waals surface area contributed by atoms with Crippen molar-refractivity contribution in [3.05, 3.63) is 56.4 Å². The van der Waals surface area contributed by atoms with E-state index in [-0.39, 0.29) is 11.9 Å². The minimum absolute atomic E-state index is 0.187. The number of benzene rings is 1. The molecule has 1 nitrogen and oxygen atoms in total. The van der Waals surface area contributed by atoms with Crippen molar-refractivity contribution in [2.45, 2.75) is 26.4 Å². The van der Waals surface area contributed by atoms with Crippen LogP contribution in [0, 0.1) is 11.7 Å². The van der Waals surface area contributed by atoms with Crippen molar-refractivity contribution >= 4 is 27.3 Å². The molecule has 4 heteroatoms. The fourth-order valence-electron chi connectivity index (χ4n) is 2.07. The molecule has 19 heavy (non-hydrogen) atoms. The Hall–Kier alpha value is -0.710. The van der Waals surface area contributed by atoms with Gasteiger partial charge in [-0.05, 0) is 51.7 Å². The Morgan fingerprint density at radius 2 is 1.84 bits per heavy atom. The van der Waals surface area contributed by atoms with Gasteiger partial charge < -0.3 is 5.32 Å². The average Bonchev–Trinajstić information content (AvgIpc) is 2.77. The first-order chi connectivity index (χ1) is 9.06. The highest BCUT2D eigenvalue weighted by Gasteiger charge is 2.15. The van der Waals surface area contributed by atoms with Crippen molar-refractivity contribution in [2.75, 3.05) is 0 Å². The molecule has 0 saturated heterocycles. The third-order valence-corrected chi connectivity index (χ3v) is 4.64. The molecule has 2 aromatic rings. The molecule has 1 unspecified atom stereocenters. The first kappa shape index (κ1) is 14.7. The second kappa shape index (κ2) is 6.64. The highest BCUT2D eigenvalue weighted by molar-refractivity contribution is 9.11. The molecule has 0 bridgehead atoms. The Morgan fingerprint density at radius 1 is 1.16 bits per heavy atom. The van der Waals surface area contributed by atoms with E-state index in [4.69, 9.17) is 0 Å². The molecular formula is C15H17BrFNS. The molecule has 0 amide bonds. The monoisotopic (exact) mass is 341 g/mol. The number of halogens is 2. The van der Waals surface area contributed by atoms with Gasteiger partial charge in [-0.15, -0.1) is 11.3 Å². The summed E-state index contributed by atoms with van der Waals surface area (Å²) < 4.78 is 14.1. The lowest BCUT2D eigenvalue weighted by atomic mass is 9.96. The van der Waals surface area contributed by atoms with Gasteiger partial charge >= 0.3 is 0 Å². The van der Waals surface area contributed by atoms with Crippen molar-refractivity contribution < 1.29 is 4.39 Å². The molecule has 102 valence electrons. The fourth-order valence-corrected chi connectivity index (χ4v) is 3.50. The number of hydrogen-bond donors (Lipinski definition) is 1. The van der Waals surface area contributed by atoms with Gasteiger partial charge in [-0.1, -0.05) is 26.0 Å². The third kappa shape index (κ3) is 4.13. The molecule has 2 rings (SSSR count). The Labute approximate surface area is 126 Å². The second-order valence-electron chi connectivity index (χ2n) is 4.86. The standard InChI is InChI=1S/C15H17BrFNS/c1-10(2)15(11-3-5-12(17)6-4-11)18-9-13-7-8-14(16)19-13/h3-8,10,15,18H,9H2,1-2H3. The summed E-state index contributed by atoms with van der Waals surface area (Å²) in [6.07, 6.45) is 0. The number of rotatable bonds is 5. The highest BCUT2D eigenvalue weighted by Crippen LogP contribution is 2.25. The topological polar surface area (TPSA) is 12.0 Å². The Kier molecular flexibility index (Phi) is 5.13. The molecule has 1 aromatic heterocycles. The van der Waals surface area contributed by atoms with Crippen molar-refractivity contribution in [2.24, 2.45) is 5.92 Å². The Balaban J connectivity index is 2.06. The van der Waals surface area contributed by atoms with Gasteiger partial charge in [-0.2, -0.15) is 0 Å². The summed E-state index contributed by atoms with van der Waals surface area (Å²) in [6, 6.07) is 11.2. The van der Waals surface area contributed by atoms with Crippen LogP contribution in [0.25, 0.3) is 0 Å². The molecular weight excluding hydrogens is 325 g/mol. The molecule has 0 radical (unpaired) electrons. The van der Waals surface area contributed by atoms with Crippen LogP contribution in [0.2, 0.25) is 0 Å². The molecule has 1 atom stereocenters. The third-order valence-electron chi connectivity index (χ3n) is 3.02. The molecule has 0 aliphatic heterocycles. The summed E-state index contributed by atoms with van der Waals surface area (Å²) in [7, 11) is 0. The SMILES string of the molecule is CC(C)C(NCc1ccc(Br)s1)c1ccc(F)cc1. The van der Waals surface area contributed by atoms with E-state index in [9.17, 15) is 4.39 Å². The average molecular weight is 342 g/mol. The number of thiophene rings is 1. The molecule has 0 saturated carbocycles. The van der Waals surface area contributed by atoms with Gasteiger partial charge in [0.1, 0.15) is 5.82 Å². The first-order valence-electron chi connectivity index (χ1n) is 6.29. The summed E-state index contributed by atoms with van der Waals surface area (Å²) in [4.78, 5) is 1.29. The van der Waals surface area contributed by atoms with Gasteiger partial charge in [0.25, 0.3) is 0 Å².